The first-order valence-corrected chi connectivity index (χ1v) is 15.6. The van der Waals surface area contributed by atoms with Crippen molar-refractivity contribution in [1.82, 2.24) is 9.47 Å². The standard InChI is InChI=1S/C38H38N2O4/c1-42-30-12-6-26(7-13-30)29-11-17-33-35(24-29)40-21-18-27-8-16-32(43-2)25-34(27)37(40)36(33)38(41)28-9-14-31(15-10-28)44-23-22-39-19-4-3-5-20-39/h6-17,24-25H,3-5,18-23H2,1-2H3. The summed E-state index contributed by atoms with van der Waals surface area (Å²) < 4.78 is 19.3. The first-order chi connectivity index (χ1) is 21.6. The maximum atomic E-state index is 14.4. The van der Waals surface area contributed by atoms with E-state index in [-0.39, 0.29) is 5.78 Å². The Bertz CT molecular complexity index is 1800. The van der Waals surface area contributed by atoms with Crippen LogP contribution in [-0.4, -0.2) is 55.7 Å². The number of methoxy groups -OCH3 is 2. The summed E-state index contributed by atoms with van der Waals surface area (Å²) in [5.41, 5.74) is 7.88. The van der Waals surface area contributed by atoms with Crippen molar-refractivity contribution in [2.45, 2.75) is 32.2 Å². The number of carbonyl (C=O) groups excluding carboxylic acids is 1. The van der Waals surface area contributed by atoms with Gasteiger partial charge in [-0.05, 0) is 104 Å². The fourth-order valence-electron chi connectivity index (χ4n) is 6.73. The van der Waals surface area contributed by atoms with Crippen molar-refractivity contribution < 1.29 is 19.0 Å². The average molecular weight is 587 g/mol. The van der Waals surface area contributed by atoms with Crippen molar-refractivity contribution in [2.75, 3.05) is 40.5 Å². The fourth-order valence-corrected chi connectivity index (χ4v) is 6.73. The van der Waals surface area contributed by atoms with E-state index < -0.39 is 0 Å². The van der Waals surface area contributed by atoms with Crippen LogP contribution in [0.25, 0.3) is 33.3 Å². The van der Waals surface area contributed by atoms with E-state index in [1.165, 1.54) is 24.8 Å². The lowest BCUT2D eigenvalue weighted by Crippen LogP contribution is -2.33. The number of carbonyl (C=O) groups is 1. The highest BCUT2D eigenvalue weighted by molar-refractivity contribution is 6.21. The summed E-state index contributed by atoms with van der Waals surface area (Å²) in [6.45, 7) is 4.70. The van der Waals surface area contributed by atoms with E-state index in [2.05, 4.69) is 51.9 Å². The van der Waals surface area contributed by atoms with Crippen LogP contribution >= 0.6 is 0 Å². The highest BCUT2D eigenvalue weighted by atomic mass is 16.5. The molecule has 0 N–H and O–H groups in total. The predicted octanol–water partition coefficient (Wildman–Crippen LogP) is 7.64. The lowest BCUT2D eigenvalue weighted by Gasteiger charge is -2.26. The molecule has 0 bridgehead atoms. The molecular weight excluding hydrogens is 548 g/mol. The van der Waals surface area contributed by atoms with Crippen LogP contribution in [0.15, 0.2) is 84.9 Å². The number of ether oxygens (including phenoxy) is 3. The number of ketones is 1. The monoisotopic (exact) mass is 586 g/mol. The zero-order valence-corrected chi connectivity index (χ0v) is 25.5. The van der Waals surface area contributed by atoms with Gasteiger partial charge < -0.3 is 18.8 Å². The van der Waals surface area contributed by atoms with Gasteiger partial charge in [0.15, 0.2) is 5.78 Å². The summed E-state index contributed by atoms with van der Waals surface area (Å²) >= 11 is 0. The van der Waals surface area contributed by atoms with Gasteiger partial charge in [0.05, 0.1) is 25.5 Å². The Kier molecular flexibility index (Phi) is 7.84. The van der Waals surface area contributed by atoms with Crippen LogP contribution in [0.2, 0.25) is 0 Å². The normalized spacial score (nSPS) is 14.6. The number of nitrogens with zero attached hydrogens (tertiary/aromatic N) is 2. The molecule has 224 valence electrons. The van der Waals surface area contributed by atoms with Gasteiger partial charge in [0.1, 0.15) is 23.9 Å². The van der Waals surface area contributed by atoms with Crippen LogP contribution in [0.3, 0.4) is 0 Å². The molecule has 1 fully saturated rings. The molecule has 44 heavy (non-hydrogen) atoms. The van der Waals surface area contributed by atoms with Gasteiger partial charge in [-0.25, -0.2) is 0 Å². The van der Waals surface area contributed by atoms with Gasteiger partial charge in [-0.2, -0.15) is 0 Å². The molecule has 0 atom stereocenters. The van der Waals surface area contributed by atoms with E-state index >= 15 is 0 Å². The quantitative estimate of drug-likeness (QED) is 0.166. The van der Waals surface area contributed by atoms with Gasteiger partial charge in [0.25, 0.3) is 0 Å². The minimum absolute atomic E-state index is 0.0106. The van der Waals surface area contributed by atoms with E-state index in [1.807, 2.05) is 42.5 Å². The van der Waals surface area contributed by atoms with Gasteiger partial charge in [-0.1, -0.05) is 36.8 Å². The average Bonchev–Trinajstić information content (AvgIpc) is 3.42. The fraction of sp³-hybridized carbons (Fsp3) is 0.289. The summed E-state index contributed by atoms with van der Waals surface area (Å²) in [7, 11) is 3.36. The molecule has 5 aromatic rings. The lowest BCUT2D eigenvalue weighted by molar-refractivity contribution is 0.104. The SMILES string of the molecule is COc1ccc(-c2ccc3c(C(=O)c4ccc(OCCN5CCCCC5)cc4)c4n(c3c2)CCc2ccc(OC)cc2-4)cc1. The number of rotatable bonds is 9. The third-order valence-corrected chi connectivity index (χ3v) is 9.13. The maximum Gasteiger partial charge on any atom is 0.195 e. The molecule has 1 saturated heterocycles. The third kappa shape index (κ3) is 5.35. The zero-order valence-electron chi connectivity index (χ0n) is 25.5. The van der Waals surface area contributed by atoms with Crippen molar-refractivity contribution in [3.8, 4) is 39.6 Å². The highest BCUT2D eigenvalue weighted by Crippen LogP contribution is 2.42. The third-order valence-electron chi connectivity index (χ3n) is 9.13. The van der Waals surface area contributed by atoms with Gasteiger partial charge in [0, 0.05) is 35.1 Å². The first-order valence-electron chi connectivity index (χ1n) is 15.6. The van der Waals surface area contributed by atoms with Crippen LogP contribution in [0.5, 0.6) is 17.2 Å². The number of fused-ring (bicyclic) bond motifs is 5. The molecule has 1 aromatic heterocycles. The molecule has 4 aromatic carbocycles. The number of benzene rings is 4. The molecule has 0 spiro atoms. The molecule has 0 amide bonds. The summed E-state index contributed by atoms with van der Waals surface area (Å²) in [4.78, 5) is 16.9. The smallest absolute Gasteiger partial charge is 0.195 e. The number of likely N-dealkylation sites (tertiary alicyclic amines) is 1. The summed E-state index contributed by atoms with van der Waals surface area (Å²) in [6.07, 6.45) is 4.76. The predicted molar refractivity (Wildman–Crippen MR) is 175 cm³/mol. The molecule has 0 aliphatic carbocycles. The molecule has 6 heteroatoms. The second kappa shape index (κ2) is 12.2. The van der Waals surface area contributed by atoms with Crippen LogP contribution in [0.1, 0.15) is 40.7 Å². The van der Waals surface area contributed by atoms with E-state index in [9.17, 15) is 4.79 Å². The van der Waals surface area contributed by atoms with Gasteiger partial charge >= 0.3 is 0 Å². The van der Waals surface area contributed by atoms with Crippen LogP contribution in [0.4, 0.5) is 0 Å². The van der Waals surface area contributed by atoms with E-state index in [1.54, 1.807) is 14.2 Å². The number of aryl methyl sites for hydroxylation is 2. The van der Waals surface area contributed by atoms with Crippen molar-refractivity contribution in [3.63, 3.8) is 0 Å². The molecule has 3 heterocycles. The molecule has 6 nitrogen and oxygen atoms in total. The van der Waals surface area contributed by atoms with Crippen LogP contribution in [-0.2, 0) is 13.0 Å². The topological polar surface area (TPSA) is 52.9 Å². The first kappa shape index (κ1) is 28.2. The van der Waals surface area contributed by atoms with Crippen LogP contribution < -0.4 is 14.2 Å². The van der Waals surface area contributed by atoms with Crippen LogP contribution in [0, 0.1) is 0 Å². The van der Waals surface area contributed by atoms with Crippen molar-refractivity contribution in [1.29, 1.82) is 0 Å². The van der Waals surface area contributed by atoms with Gasteiger partial charge in [-0.3, -0.25) is 9.69 Å². The van der Waals surface area contributed by atoms with Crippen molar-refractivity contribution >= 4 is 16.7 Å². The number of piperidine rings is 1. The highest BCUT2D eigenvalue weighted by Gasteiger charge is 2.29. The molecule has 0 unspecified atom stereocenters. The second-order valence-electron chi connectivity index (χ2n) is 11.7. The van der Waals surface area contributed by atoms with Gasteiger partial charge in [-0.15, -0.1) is 0 Å². The summed E-state index contributed by atoms with van der Waals surface area (Å²) in [5.74, 6) is 2.41. The number of hydrogen-bond donors (Lipinski definition) is 0. The van der Waals surface area contributed by atoms with E-state index in [4.69, 9.17) is 14.2 Å². The number of aromatic nitrogens is 1. The maximum absolute atomic E-state index is 14.4. The van der Waals surface area contributed by atoms with Crippen molar-refractivity contribution in [3.05, 3.63) is 102 Å². The molecule has 7 rings (SSSR count). The Morgan fingerprint density at radius 3 is 2.18 bits per heavy atom. The Labute approximate surface area is 258 Å². The minimum atomic E-state index is 0.0106. The molecular formula is C38H38N2O4. The minimum Gasteiger partial charge on any atom is -0.497 e. The Hall–Kier alpha value is -4.55. The molecule has 2 aliphatic heterocycles. The Morgan fingerprint density at radius 2 is 1.43 bits per heavy atom. The molecule has 2 aliphatic rings. The lowest BCUT2D eigenvalue weighted by atomic mass is 9.92. The van der Waals surface area contributed by atoms with E-state index in [0.717, 1.165) is 88.7 Å². The summed E-state index contributed by atoms with van der Waals surface area (Å²) in [6, 6.07) is 28.4. The van der Waals surface area contributed by atoms with E-state index in [0.29, 0.717) is 12.2 Å². The Morgan fingerprint density at radius 1 is 0.727 bits per heavy atom. The second-order valence-corrected chi connectivity index (χ2v) is 11.7. The largest absolute Gasteiger partial charge is 0.497 e. The molecule has 0 saturated carbocycles. The summed E-state index contributed by atoms with van der Waals surface area (Å²) in [5, 5.41) is 0.958. The van der Waals surface area contributed by atoms with Gasteiger partial charge in [0.2, 0.25) is 0 Å². The molecule has 0 radical (unpaired) electrons. The van der Waals surface area contributed by atoms with Crippen molar-refractivity contribution in [2.24, 2.45) is 0 Å². The Balaban J connectivity index is 1.25. The zero-order chi connectivity index (χ0) is 30.0. The number of hydrogen-bond acceptors (Lipinski definition) is 5.